The van der Waals surface area contributed by atoms with Crippen LogP contribution in [0, 0.1) is 0 Å². The Balaban J connectivity index is 2.45. The minimum atomic E-state index is -2.25. The highest BCUT2D eigenvalue weighted by Gasteiger charge is 2.02. The van der Waals surface area contributed by atoms with E-state index in [1.165, 1.54) is 0 Å². The Morgan fingerprint density at radius 3 is 2.62 bits per heavy atom. The van der Waals surface area contributed by atoms with Gasteiger partial charge in [-0.05, 0) is 17.0 Å². The Labute approximate surface area is 95.9 Å². The molecular weight excluding hydrogens is 224 g/mol. The third-order valence-electron chi connectivity index (χ3n) is 2.43. The summed E-state index contributed by atoms with van der Waals surface area (Å²) in [7, 11) is 0. The molecule has 16 heavy (non-hydrogen) atoms. The lowest BCUT2D eigenvalue weighted by Gasteiger charge is -2.10. The number of benzene rings is 2. The molecule has 0 heterocycles. The van der Waals surface area contributed by atoms with Gasteiger partial charge < -0.3 is 10.3 Å². The van der Waals surface area contributed by atoms with Crippen molar-refractivity contribution in [1.29, 1.82) is 0 Å². The Bertz CT molecular complexity index is 542. The molecule has 0 aliphatic heterocycles. The maximum Gasteiger partial charge on any atom is 0.0393 e. The van der Waals surface area contributed by atoms with Gasteiger partial charge in [-0.1, -0.05) is 30.3 Å². The first kappa shape index (κ1) is 11.1. The maximum absolute atomic E-state index is 10.4. The van der Waals surface area contributed by atoms with Gasteiger partial charge in [-0.3, -0.25) is 4.21 Å². The van der Waals surface area contributed by atoms with Gasteiger partial charge in [-0.2, -0.15) is 0 Å². The molecule has 0 fully saturated rings. The average molecular weight is 235 g/mol. The summed E-state index contributed by atoms with van der Waals surface area (Å²) in [6.45, 7) is 0.275. The van der Waals surface area contributed by atoms with Gasteiger partial charge in [0.1, 0.15) is 0 Å². The number of rotatable bonds is 3. The van der Waals surface area contributed by atoms with Crippen LogP contribution in [0.5, 0.6) is 0 Å². The quantitative estimate of drug-likeness (QED) is 0.622. The standard InChI is InChI=1S/C11H12N2O2S/c12-11-6-2-4-9-8(7-13-16(14)15)3-1-5-10(9)11/h1-6,13H,7,12H2,(H,14,15)/p-1. The summed E-state index contributed by atoms with van der Waals surface area (Å²) >= 11 is -2.25. The molecule has 2 rings (SSSR count). The van der Waals surface area contributed by atoms with Crippen molar-refractivity contribution >= 4 is 27.7 Å². The van der Waals surface area contributed by atoms with E-state index < -0.39 is 11.3 Å². The number of nitrogen functional groups attached to an aromatic ring is 1. The maximum atomic E-state index is 10.4. The van der Waals surface area contributed by atoms with Gasteiger partial charge in [0.15, 0.2) is 0 Å². The minimum Gasteiger partial charge on any atom is -0.760 e. The van der Waals surface area contributed by atoms with Crippen LogP contribution in [-0.2, 0) is 17.8 Å². The molecule has 0 aliphatic carbocycles. The highest BCUT2D eigenvalue weighted by molar-refractivity contribution is 7.77. The fourth-order valence-electron chi connectivity index (χ4n) is 1.69. The van der Waals surface area contributed by atoms with Crippen LogP contribution in [0.25, 0.3) is 10.8 Å². The number of hydrogen-bond donors (Lipinski definition) is 2. The largest absolute Gasteiger partial charge is 0.760 e. The van der Waals surface area contributed by atoms with Gasteiger partial charge in [0.2, 0.25) is 0 Å². The van der Waals surface area contributed by atoms with Gasteiger partial charge in [0.05, 0.1) is 0 Å². The van der Waals surface area contributed by atoms with Crippen molar-refractivity contribution in [2.45, 2.75) is 6.54 Å². The van der Waals surface area contributed by atoms with Crippen LogP contribution < -0.4 is 10.5 Å². The predicted octanol–water partition coefficient (Wildman–Crippen LogP) is 1.31. The molecule has 0 aromatic heterocycles. The second kappa shape index (κ2) is 4.61. The molecule has 2 aromatic rings. The molecule has 1 unspecified atom stereocenters. The van der Waals surface area contributed by atoms with Crippen molar-refractivity contribution in [2.75, 3.05) is 5.73 Å². The van der Waals surface area contributed by atoms with Crippen LogP contribution in [0.15, 0.2) is 36.4 Å². The zero-order chi connectivity index (χ0) is 11.5. The molecule has 0 saturated heterocycles. The van der Waals surface area contributed by atoms with Gasteiger partial charge in [0, 0.05) is 28.9 Å². The first-order valence-corrected chi connectivity index (χ1v) is 5.85. The predicted molar refractivity (Wildman–Crippen MR) is 64.1 cm³/mol. The lowest BCUT2D eigenvalue weighted by atomic mass is 10.0. The van der Waals surface area contributed by atoms with Crippen LogP contribution in [0.2, 0.25) is 0 Å². The molecule has 5 heteroatoms. The minimum absolute atomic E-state index is 0.275. The average Bonchev–Trinajstić information content (AvgIpc) is 2.27. The summed E-state index contributed by atoms with van der Waals surface area (Å²) in [5.41, 5.74) is 7.45. The Morgan fingerprint density at radius 2 is 1.88 bits per heavy atom. The van der Waals surface area contributed by atoms with Gasteiger partial charge in [-0.25, -0.2) is 4.72 Å². The highest BCUT2D eigenvalue weighted by Crippen LogP contribution is 2.23. The van der Waals surface area contributed by atoms with Crippen LogP contribution in [0.1, 0.15) is 5.56 Å². The molecule has 1 atom stereocenters. The summed E-state index contributed by atoms with van der Waals surface area (Å²) < 4.78 is 23.2. The van der Waals surface area contributed by atoms with E-state index in [1.807, 2.05) is 36.4 Å². The van der Waals surface area contributed by atoms with E-state index in [0.29, 0.717) is 5.69 Å². The molecule has 0 bridgehead atoms. The number of fused-ring (bicyclic) bond motifs is 1. The van der Waals surface area contributed by atoms with E-state index in [-0.39, 0.29) is 6.54 Å². The Kier molecular flexibility index (Phi) is 3.19. The molecule has 0 saturated carbocycles. The van der Waals surface area contributed by atoms with Crippen LogP contribution in [-0.4, -0.2) is 8.76 Å². The van der Waals surface area contributed by atoms with Crippen molar-refractivity contribution < 1.29 is 8.76 Å². The van der Waals surface area contributed by atoms with Crippen molar-refractivity contribution in [1.82, 2.24) is 4.72 Å². The number of nitrogens with two attached hydrogens (primary N) is 1. The van der Waals surface area contributed by atoms with Crippen molar-refractivity contribution in [2.24, 2.45) is 0 Å². The fraction of sp³-hybridized carbons (Fsp3) is 0.0909. The first-order valence-electron chi connectivity index (χ1n) is 4.77. The SMILES string of the molecule is Nc1cccc2c(CNS(=O)[O-])cccc12. The van der Waals surface area contributed by atoms with E-state index in [1.54, 1.807) is 0 Å². The van der Waals surface area contributed by atoms with E-state index in [4.69, 9.17) is 5.73 Å². The molecule has 0 amide bonds. The zero-order valence-corrected chi connectivity index (χ0v) is 9.29. The second-order valence-electron chi connectivity index (χ2n) is 3.42. The van der Waals surface area contributed by atoms with Gasteiger partial charge in [-0.15, -0.1) is 0 Å². The fourth-order valence-corrected chi connectivity index (χ4v) is 1.96. The third kappa shape index (κ3) is 2.21. The zero-order valence-electron chi connectivity index (χ0n) is 8.47. The number of anilines is 1. The van der Waals surface area contributed by atoms with Crippen molar-refractivity contribution in [3.63, 3.8) is 0 Å². The van der Waals surface area contributed by atoms with Crippen molar-refractivity contribution in [3.8, 4) is 0 Å². The molecule has 0 aliphatic rings. The number of hydrogen-bond acceptors (Lipinski definition) is 3. The van der Waals surface area contributed by atoms with Crippen LogP contribution in [0.3, 0.4) is 0 Å². The van der Waals surface area contributed by atoms with Crippen LogP contribution in [0.4, 0.5) is 5.69 Å². The number of nitrogens with one attached hydrogen (secondary N) is 1. The second-order valence-corrected chi connectivity index (χ2v) is 4.17. The molecule has 2 aromatic carbocycles. The van der Waals surface area contributed by atoms with E-state index in [2.05, 4.69) is 4.72 Å². The normalized spacial score (nSPS) is 12.8. The topological polar surface area (TPSA) is 78.2 Å². The summed E-state index contributed by atoms with van der Waals surface area (Å²) in [4.78, 5) is 0. The Hall–Kier alpha value is -1.43. The highest BCUT2D eigenvalue weighted by atomic mass is 32.2. The lowest BCUT2D eigenvalue weighted by molar-refractivity contribution is 0.523. The molecule has 4 nitrogen and oxygen atoms in total. The smallest absolute Gasteiger partial charge is 0.0393 e. The van der Waals surface area contributed by atoms with E-state index >= 15 is 0 Å². The van der Waals surface area contributed by atoms with Gasteiger partial charge >= 0.3 is 0 Å². The molecule has 84 valence electrons. The molecular formula is C11H11N2O2S-. The van der Waals surface area contributed by atoms with Gasteiger partial charge in [0.25, 0.3) is 0 Å². The molecule has 0 spiro atoms. The van der Waals surface area contributed by atoms with Crippen LogP contribution >= 0.6 is 0 Å². The first-order chi connectivity index (χ1) is 7.68. The summed E-state index contributed by atoms with van der Waals surface area (Å²) in [5, 5.41) is 1.92. The van der Waals surface area contributed by atoms with Crippen molar-refractivity contribution in [3.05, 3.63) is 42.0 Å². The Morgan fingerprint density at radius 1 is 1.19 bits per heavy atom. The third-order valence-corrected chi connectivity index (χ3v) is 2.81. The molecule has 0 radical (unpaired) electrons. The van der Waals surface area contributed by atoms with E-state index in [9.17, 15) is 8.76 Å². The summed E-state index contributed by atoms with van der Waals surface area (Å²) in [6, 6.07) is 11.3. The summed E-state index contributed by atoms with van der Waals surface area (Å²) in [6.07, 6.45) is 0. The van der Waals surface area contributed by atoms with E-state index in [0.717, 1.165) is 16.3 Å². The lowest BCUT2D eigenvalue weighted by Crippen LogP contribution is -2.15. The summed E-state index contributed by atoms with van der Waals surface area (Å²) in [5.74, 6) is 0. The molecule has 3 N–H and O–H groups in total. The monoisotopic (exact) mass is 235 g/mol.